The Balaban J connectivity index is 1.50. The molecule has 4 rings (SSSR count). The topological polar surface area (TPSA) is 17.1 Å². The highest BCUT2D eigenvalue weighted by atomic mass is 79.9. The maximum absolute atomic E-state index is 12.7. The van der Waals surface area contributed by atoms with Crippen molar-refractivity contribution in [3.05, 3.63) is 0 Å². The van der Waals surface area contributed by atoms with E-state index in [9.17, 15) is 4.79 Å². The van der Waals surface area contributed by atoms with Gasteiger partial charge in [0.25, 0.3) is 0 Å². The largest absolute Gasteiger partial charge is 0.297 e. The molecule has 0 aliphatic heterocycles. The van der Waals surface area contributed by atoms with Crippen LogP contribution in [-0.2, 0) is 4.79 Å². The van der Waals surface area contributed by atoms with Crippen LogP contribution in [0.5, 0.6) is 0 Å². The molecule has 0 spiro atoms. The zero-order valence-electron chi connectivity index (χ0n) is 19.9. The van der Waals surface area contributed by atoms with E-state index < -0.39 is 0 Å². The molecule has 10 atom stereocenters. The Morgan fingerprint density at radius 2 is 1.57 bits per heavy atom. The van der Waals surface area contributed by atoms with Gasteiger partial charge < -0.3 is 0 Å². The van der Waals surface area contributed by atoms with Gasteiger partial charge in [-0.2, -0.15) is 0 Å². The second-order valence-corrected chi connectivity index (χ2v) is 14.7. The first-order valence-corrected chi connectivity index (χ1v) is 14.7. The Labute approximate surface area is 202 Å². The quantitative estimate of drug-likeness (QED) is 0.318. The monoisotopic (exact) mass is 542 g/mol. The van der Waals surface area contributed by atoms with Gasteiger partial charge >= 0.3 is 0 Å². The van der Waals surface area contributed by atoms with E-state index in [1.807, 2.05) is 0 Å². The summed E-state index contributed by atoms with van der Waals surface area (Å²) in [6.07, 6.45) is 13.6. The van der Waals surface area contributed by atoms with Crippen LogP contribution in [0, 0.1) is 52.3 Å². The third-order valence-electron chi connectivity index (χ3n) is 10.7. The number of halogens is 2. The number of carbonyl (C=O) groups is 1. The number of rotatable bonds is 5. The van der Waals surface area contributed by atoms with Crippen LogP contribution in [0.3, 0.4) is 0 Å². The second-order valence-electron chi connectivity index (χ2n) is 12.6. The molecule has 30 heavy (non-hydrogen) atoms. The van der Waals surface area contributed by atoms with Crippen LogP contribution in [0.4, 0.5) is 0 Å². The molecule has 0 aromatic rings. The molecule has 0 radical (unpaired) electrons. The SMILES string of the molecule is CC(C)CCC[C@H](C)[C@@H]1CC[C@@H]2[C@H]3CC[C@H]4[C@H](Br)C(=O)[C@@H](Br)C[C@]4(C)[C@@H]3CC[C@@]21C. The van der Waals surface area contributed by atoms with Crippen LogP contribution in [0.25, 0.3) is 0 Å². The van der Waals surface area contributed by atoms with Gasteiger partial charge in [0.2, 0.25) is 0 Å². The van der Waals surface area contributed by atoms with Gasteiger partial charge in [-0.05, 0) is 97.2 Å². The Bertz CT molecular complexity index is 647. The van der Waals surface area contributed by atoms with E-state index in [0.29, 0.717) is 22.5 Å². The highest BCUT2D eigenvalue weighted by Crippen LogP contribution is 2.68. The van der Waals surface area contributed by atoms with Crippen molar-refractivity contribution in [3.63, 3.8) is 0 Å². The first-order chi connectivity index (χ1) is 14.1. The van der Waals surface area contributed by atoms with E-state index in [1.165, 1.54) is 57.8 Å². The minimum atomic E-state index is 0.0486. The molecule has 0 heterocycles. The van der Waals surface area contributed by atoms with Crippen LogP contribution in [0.1, 0.15) is 98.8 Å². The average molecular weight is 544 g/mol. The molecule has 1 nitrogen and oxygen atoms in total. The molecule has 0 amide bonds. The molecule has 0 N–H and O–H groups in total. The van der Waals surface area contributed by atoms with Crippen molar-refractivity contribution < 1.29 is 4.79 Å². The summed E-state index contributed by atoms with van der Waals surface area (Å²) < 4.78 is 0. The van der Waals surface area contributed by atoms with E-state index in [0.717, 1.165) is 41.9 Å². The Morgan fingerprint density at radius 1 is 0.900 bits per heavy atom. The van der Waals surface area contributed by atoms with Gasteiger partial charge in [0.05, 0.1) is 9.65 Å². The lowest BCUT2D eigenvalue weighted by atomic mass is 9.44. The third kappa shape index (κ3) is 3.82. The van der Waals surface area contributed by atoms with E-state index in [4.69, 9.17) is 0 Å². The number of hydrogen-bond acceptors (Lipinski definition) is 1. The van der Waals surface area contributed by atoms with Crippen molar-refractivity contribution in [2.24, 2.45) is 52.3 Å². The first-order valence-electron chi connectivity index (χ1n) is 12.9. The smallest absolute Gasteiger partial charge is 0.160 e. The van der Waals surface area contributed by atoms with Crippen LogP contribution >= 0.6 is 31.9 Å². The predicted octanol–water partition coefficient (Wildman–Crippen LogP) is 8.42. The maximum Gasteiger partial charge on any atom is 0.160 e. The van der Waals surface area contributed by atoms with Gasteiger partial charge in [0, 0.05) is 0 Å². The minimum Gasteiger partial charge on any atom is -0.297 e. The molecular weight excluding hydrogens is 500 g/mol. The summed E-state index contributed by atoms with van der Waals surface area (Å²) in [6, 6.07) is 0. The number of hydrogen-bond donors (Lipinski definition) is 0. The zero-order valence-corrected chi connectivity index (χ0v) is 23.1. The standard InChI is InChI=1S/C27H44Br2O/c1-16(2)7-6-8-17(3)19-11-12-20-18-9-10-22-24(29)25(30)23(28)15-27(22,5)21(18)13-14-26(19,20)4/h16-24H,6-15H2,1-5H3/t17-,18+,19-,20+,21+,22-,23-,24-,26+,27+/m0/s1. The predicted molar refractivity (Wildman–Crippen MR) is 134 cm³/mol. The van der Waals surface area contributed by atoms with E-state index in [2.05, 4.69) is 66.5 Å². The first kappa shape index (κ1) is 23.8. The van der Waals surface area contributed by atoms with Crippen LogP contribution in [0.2, 0.25) is 0 Å². The molecule has 4 fully saturated rings. The van der Waals surface area contributed by atoms with Crippen molar-refractivity contribution in [2.75, 3.05) is 0 Å². The summed E-state index contributed by atoms with van der Waals surface area (Å²) >= 11 is 7.60. The molecule has 0 aromatic carbocycles. The summed E-state index contributed by atoms with van der Waals surface area (Å²) in [5, 5.41) is 0. The third-order valence-corrected chi connectivity index (χ3v) is 12.6. The highest BCUT2D eigenvalue weighted by Gasteiger charge is 2.62. The number of fused-ring (bicyclic) bond motifs is 5. The molecule has 0 aromatic heterocycles. The van der Waals surface area contributed by atoms with Gasteiger partial charge in [-0.15, -0.1) is 0 Å². The van der Waals surface area contributed by atoms with Crippen LogP contribution in [-0.4, -0.2) is 15.4 Å². The Morgan fingerprint density at radius 3 is 2.27 bits per heavy atom. The number of carbonyl (C=O) groups excluding carboxylic acids is 1. The van der Waals surface area contributed by atoms with Crippen molar-refractivity contribution in [1.82, 2.24) is 0 Å². The number of ketones is 1. The molecule has 172 valence electrons. The highest BCUT2D eigenvalue weighted by molar-refractivity contribution is 9.10. The van der Waals surface area contributed by atoms with Crippen molar-refractivity contribution in [2.45, 2.75) is 108 Å². The summed E-state index contributed by atoms with van der Waals surface area (Å²) in [7, 11) is 0. The molecular formula is C27H44Br2O. The molecule has 3 heteroatoms. The van der Waals surface area contributed by atoms with E-state index >= 15 is 0 Å². The molecule has 4 aliphatic rings. The van der Waals surface area contributed by atoms with Crippen molar-refractivity contribution in [1.29, 1.82) is 0 Å². The lowest BCUT2D eigenvalue weighted by Gasteiger charge is -2.61. The fourth-order valence-corrected chi connectivity index (χ4v) is 11.7. The zero-order chi connectivity index (χ0) is 21.8. The van der Waals surface area contributed by atoms with Gasteiger partial charge in [-0.25, -0.2) is 0 Å². The fourth-order valence-electron chi connectivity index (χ4n) is 9.15. The average Bonchev–Trinajstić information content (AvgIpc) is 3.03. The molecule has 4 aliphatic carbocycles. The van der Waals surface area contributed by atoms with Crippen LogP contribution < -0.4 is 0 Å². The molecule has 0 unspecified atom stereocenters. The van der Waals surface area contributed by atoms with Crippen molar-refractivity contribution >= 4 is 37.6 Å². The lowest BCUT2D eigenvalue weighted by Crippen LogP contribution is -2.58. The summed E-state index contributed by atoms with van der Waals surface area (Å²) in [5.74, 6) is 6.23. The normalized spacial score (nSPS) is 49.5. The maximum atomic E-state index is 12.7. The minimum absolute atomic E-state index is 0.0486. The van der Waals surface area contributed by atoms with Crippen LogP contribution in [0.15, 0.2) is 0 Å². The fraction of sp³-hybridized carbons (Fsp3) is 0.963. The summed E-state index contributed by atoms with van der Waals surface area (Å²) in [6.45, 7) is 12.5. The van der Waals surface area contributed by atoms with Gasteiger partial charge in [0.1, 0.15) is 0 Å². The van der Waals surface area contributed by atoms with E-state index in [-0.39, 0.29) is 9.65 Å². The number of alkyl halides is 2. The molecule has 0 bridgehead atoms. The van der Waals surface area contributed by atoms with Gasteiger partial charge in [0.15, 0.2) is 5.78 Å². The molecule has 4 saturated carbocycles. The Kier molecular flexibility index (Phi) is 6.95. The Hall–Kier alpha value is 0.630. The second kappa shape index (κ2) is 8.77. The summed E-state index contributed by atoms with van der Waals surface area (Å²) in [4.78, 5) is 12.8. The lowest BCUT2D eigenvalue weighted by molar-refractivity contribution is -0.137. The van der Waals surface area contributed by atoms with Gasteiger partial charge in [-0.1, -0.05) is 85.7 Å². The summed E-state index contributed by atoms with van der Waals surface area (Å²) in [5.41, 5.74) is 0.884. The molecule has 0 saturated heterocycles. The van der Waals surface area contributed by atoms with Crippen molar-refractivity contribution in [3.8, 4) is 0 Å². The van der Waals surface area contributed by atoms with Gasteiger partial charge in [-0.3, -0.25) is 4.79 Å². The van der Waals surface area contributed by atoms with E-state index in [1.54, 1.807) is 0 Å². The number of Topliss-reactive ketones (excluding diaryl/α,β-unsaturated/α-hetero) is 1.